The number of sulfone groups is 1. The summed E-state index contributed by atoms with van der Waals surface area (Å²) in [5.74, 6) is 0.168. The predicted octanol–water partition coefficient (Wildman–Crippen LogP) is 1.27. The van der Waals surface area contributed by atoms with Crippen molar-refractivity contribution in [1.29, 1.82) is 0 Å². The molecule has 0 bridgehead atoms. The Morgan fingerprint density at radius 3 is 2.88 bits per heavy atom. The maximum atomic E-state index is 12.1. The van der Waals surface area contributed by atoms with Crippen LogP contribution in [0.4, 0.5) is 0 Å². The van der Waals surface area contributed by atoms with E-state index in [9.17, 15) is 8.42 Å². The van der Waals surface area contributed by atoms with E-state index >= 15 is 0 Å². The van der Waals surface area contributed by atoms with Gasteiger partial charge in [0.25, 0.3) is 0 Å². The van der Waals surface area contributed by atoms with E-state index in [1.54, 1.807) is 0 Å². The van der Waals surface area contributed by atoms with E-state index in [0.717, 1.165) is 24.1 Å². The van der Waals surface area contributed by atoms with Gasteiger partial charge in [-0.2, -0.15) is 0 Å². The minimum atomic E-state index is -2.99. The van der Waals surface area contributed by atoms with Gasteiger partial charge >= 0.3 is 0 Å². The summed E-state index contributed by atoms with van der Waals surface area (Å²) >= 11 is 0. The van der Waals surface area contributed by atoms with E-state index in [1.165, 1.54) is 0 Å². The molecule has 1 aromatic rings. The molecular weight excluding hydrogens is 222 g/mol. The minimum Gasteiger partial charge on any atom is -0.315 e. The highest BCUT2D eigenvalue weighted by Gasteiger charge is 2.28. The van der Waals surface area contributed by atoms with Crippen LogP contribution >= 0.6 is 0 Å². The second-order valence-electron chi connectivity index (χ2n) is 4.41. The average Bonchev–Trinajstić information content (AvgIpc) is 2.69. The van der Waals surface area contributed by atoms with Crippen LogP contribution in [0.3, 0.4) is 0 Å². The lowest BCUT2D eigenvalue weighted by Gasteiger charge is -2.10. The molecule has 1 aliphatic heterocycles. The number of benzene rings is 1. The van der Waals surface area contributed by atoms with Crippen molar-refractivity contribution in [3.63, 3.8) is 0 Å². The van der Waals surface area contributed by atoms with Gasteiger partial charge in [0.05, 0.1) is 11.0 Å². The number of aryl methyl sites for hydroxylation is 1. The zero-order valence-corrected chi connectivity index (χ0v) is 10.3. The summed E-state index contributed by atoms with van der Waals surface area (Å²) < 4.78 is 24.1. The largest absolute Gasteiger partial charge is 0.315 e. The maximum absolute atomic E-state index is 12.1. The van der Waals surface area contributed by atoms with E-state index in [2.05, 4.69) is 5.32 Å². The molecule has 0 spiro atoms. The molecule has 1 heterocycles. The molecule has 1 aliphatic rings. The lowest BCUT2D eigenvalue weighted by Crippen LogP contribution is -2.25. The molecule has 0 amide bonds. The van der Waals surface area contributed by atoms with Crippen LogP contribution in [0.25, 0.3) is 0 Å². The van der Waals surface area contributed by atoms with Crippen LogP contribution in [-0.2, 0) is 15.6 Å². The Balaban J connectivity index is 2.14. The molecule has 1 saturated heterocycles. The van der Waals surface area contributed by atoms with Crippen LogP contribution in [0.5, 0.6) is 0 Å². The number of nitrogens with one attached hydrogen (secondary N) is 1. The third-order valence-electron chi connectivity index (χ3n) is 2.97. The molecule has 16 heavy (non-hydrogen) atoms. The van der Waals surface area contributed by atoms with Gasteiger partial charge < -0.3 is 5.32 Å². The van der Waals surface area contributed by atoms with E-state index in [0.29, 0.717) is 6.54 Å². The zero-order chi connectivity index (χ0) is 11.6. The van der Waals surface area contributed by atoms with Gasteiger partial charge in [0.1, 0.15) is 0 Å². The molecule has 1 N–H and O–H groups in total. The Morgan fingerprint density at radius 2 is 2.25 bits per heavy atom. The molecular formula is C12H17NO2S. The maximum Gasteiger partial charge on any atom is 0.158 e. The number of hydrogen-bond acceptors (Lipinski definition) is 3. The molecule has 0 radical (unpaired) electrons. The molecule has 1 unspecified atom stereocenters. The van der Waals surface area contributed by atoms with Crippen molar-refractivity contribution in [2.45, 2.75) is 24.3 Å². The van der Waals surface area contributed by atoms with Gasteiger partial charge in [-0.3, -0.25) is 0 Å². The van der Waals surface area contributed by atoms with Crippen molar-refractivity contribution >= 4 is 9.84 Å². The standard InChI is InChI=1S/C12H17NO2S/c1-10-3-2-4-11(7-10)9-16(14,15)12-5-6-13-8-12/h2-4,7,12-13H,5-6,8-9H2,1H3. The molecule has 0 aliphatic carbocycles. The molecule has 4 heteroatoms. The highest BCUT2D eigenvalue weighted by Crippen LogP contribution is 2.16. The van der Waals surface area contributed by atoms with Crippen LogP contribution < -0.4 is 5.32 Å². The summed E-state index contributed by atoms with van der Waals surface area (Å²) in [6.45, 7) is 3.40. The number of hydrogen-bond donors (Lipinski definition) is 1. The van der Waals surface area contributed by atoms with Gasteiger partial charge in [-0.1, -0.05) is 29.8 Å². The van der Waals surface area contributed by atoms with Gasteiger partial charge in [0.2, 0.25) is 0 Å². The van der Waals surface area contributed by atoms with Crippen molar-refractivity contribution in [2.75, 3.05) is 13.1 Å². The summed E-state index contributed by atoms with van der Waals surface area (Å²) in [7, 11) is -2.99. The molecule has 88 valence electrons. The summed E-state index contributed by atoms with van der Waals surface area (Å²) in [6, 6.07) is 7.72. The molecule has 1 atom stereocenters. The van der Waals surface area contributed by atoms with Crippen LogP contribution in [0.2, 0.25) is 0 Å². The fourth-order valence-electron chi connectivity index (χ4n) is 2.09. The monoisotopic (exact) mass is 239 g/mol. The summed E-state index contributed by atoms with van der Waals surface area (Å²) in [5.41, 5.74) is 2.00. The van der Waals surface area contributed by atoms with Gasteiger partial charge in [-0.05, 0) is 25.5 Å². The quantitative estimate of drug-likeness (QED) is 0.864. The Labute approximate surface area is 96.8 Å². The van der Waals surface area contributed by atoms with Gasteiger partial charge in [0.15, 0.2) is 9.84 Å². The average molecular weight is 239 g/mol. The lowest BCUT2D eigenvalue weighted by molar-refractivity contribution is 0.582. The van der Waals surface area contributed by atoms with Gasteiger partial charge in [0, 0.05) is 6.54 Å². The van der Waals surface area contributed by atoms with Crippen molar-refractivity contribution in [1.82, 2.24) is 5.32 Å². The van der Waals surface area contributed by atoms with E-state index in [4.69, 9.17) is 0 Å². The molecule has 0 aromatic heterocycles. The minimum absolute atomic E-state index is 0.168. The first-order chi connectivity index (χ1) is 7.58. The van der Waals surface area contributed by atoms with Crippen molar-refractivity contribution < 1.29 is 8.42 Å². The van der Waals surface area contributed by atoms with Crippen molar-refractivity contribution in [3.05, 3.63) is 35.4 Å². The third kappa shape index (κ3) is 2.62. The lowest BCUT2D eigenvalue weighted by atomic mass is 10.2. The van der Waals surface area contributed by atoms with Gasteiger partial charge in [-0.25, -0.2) is 8.42 Å². The summed E-state index contributed by atoms with van der Waals surface area (Å²) in [4.78, 5) is 0. The summed E-state index contributed by atoms with van der Waals surface area (Å²) in [6.07, 6.45) is 0.744. The fraction of sp³-hybridized carbons (Fsp3) is 0.500. The Kier molecular flexibility index (Phi) is 3.30. The first-order valence-corrected chi connectivity index (χ1v) is 7.27. The molecule has 1 aromatic carbocycles. The van der Waals surface area contributed by atoms with Crippen LogP contribution in [-0.4, -0.2) is 26.8 Å². The first-order valence-electron chi connectivity index (χ1n) is 5.56. The first kappa shape index (κ1) is 11.6. The SMILES string of the molecule is Cc1cccc(CS(=O)(=O)C2CCNC2)c1. The predicted molar refractivity (Wildman–Crippen MR) is 65.1 cm³/mol. The normalized spacial score (nSPS) is 21.2. The molecule has 1 fully saturated rings. The highest BCUT2D eigenvalue weighted by molar-refractivity contribution is 7.91. The Bertz CT molecular complexity index is 462. The van der Waals surface area contributed by atoms with E-state index in [1.807, 2.05) is 31.2 Å². The van der Waals surface area contributed by atoms with Crippen molar-refractivity contribution in [3.8, 4) is 0 Å². The van der Waals surface area contributed by atoms with Gasteiger partial charge in [-0.15, -0.1) is 0 Å². The second-order valence-corrected chi connectivity index (χ2v) is 6.69. The smallest absolute Gasteiger partial charge is 0.158 e. The Hall–Kier alpha value is -0.870. The van der Waals surface area contributed by atoms with Crippen molar-refractivity contribution in [2.24, 2.45) is 0 Å². The number of rotatable bonds is 3. The Morgan fingerprint density at radius 1 is 1.44 bits per heavy atom. The molecule has 3 nitrogen and oxygen atoms in total. The second kappa shape index (κ2) is 4.55. The fourth-order valence-corrected chi connectivity index (χ4v) is 3.82. The summed E-state index contributed by atoms with van der Waals surface area (Å²) in [5, 5.41) is 2.90. The van der Waals surface area contributed by atoms with Crippen LogP contribution in [0, 0.1) is 6.92 Å². The van der Waals surface area contributed by atoms with Crippen LogP contribution in [0.1, 0.15) is 17.5 Å². The highest BCUT2D eigenvalue weighted by atomic mass is 32.2. The topological polar surface area (TPSA) is 46.2 Å². The third-order valence-corrected chi connectivity index (χ3v) is 5.13. The van der Waals surface area contributed by atoms with E-state index < -0.39 is 9.84 Å². The molecule has 0 saturated carbocycles. The van der Waals surface area contributed by atoms with Crippen LogP contribution in [0.15, 0.2) is 24.3 Å². The van der Waals surface area contributed by atoms with E-state index in [-0.39, 0.29) is 11.0 Å². The zero-order valence-electron chi connectivity index (χ0n) is 9.44. The molecule has 2 rings (SSSR count).